The predicted molar refractivity (Wildman–Crippen MR) is 44.3 cm³/mol. The van der Waals surface area contributed by atoms with E-state index in [4.69, 9.17) is 5.11 Å². The van der Waals surface area contributed by atoms with Crippen molar-refractivity contribution in [2.24, 2.45) is 0 Å². The van der Waals surface area contributed by atoms with Gasteiger partial charge in [-0.25, -0.2) is 12.7 Å². The molecule has 0 heterocycles. The number of carboxylic acids is 1. The van der Waals surface area contributed by atoms with Crippen molar-refractivity contribution < 1.29 is 18.3 Å². The predicted octanol–water partition coefficient (Wildman–Crippen LogP) is -0.259. The van der Waals surface area contributed by atoms with Crippen molar-refractivity contribution in [3.8, 4) is 0 Å². The van der Waals surface area contributed by atoms with Gasteiger partial charge in [-0.3, -0.25) is 4.79 Å². The van der Waals surface area contributed by atoms with Crippen LogP contribution in [0.3, 0.4) is 0 Å². The maximum Gasteiger partial charge on any atom is 0.320 e. The Morgan fingerprint density at radius 3 is 2.17 bits per heavy atom. The van der Waals surface area contributed by atoms with E-state index in [-0.39, 0.29) is 6.04 Å². The lowest BCUT2D eigenvalue weighted by Crippen LogP contribution is -2.36. The molecule has 0 unspecified atom stereocenters. The van der Waals surface area contributed by atoms with Crippen LogP contribution in [0.4, 0.5) is 0 Å². The maximum absolute atomic E-state index is 11.1. The summed E-state index contributed by atoms with van der Waals surface area (Å²) in [5.41, 5.74) is 0. The monoisotopic (exact) mass is 195 g/mol. The van der Waals surface area contributed by atoms with Crippen molar-refractivity contribution >= 4 is 16.0 Å². The Balaban J connectivity index is 4.52. The third kappa shape index (κ3) is 3.19. The summed E-state index contributed by atoms with van der Waals surface area (Å²) in [4.78, 5) is 10.1. The number of nitrogens with zero attached hydrogens (tertiary/aromatic N) is 1. The van der Waals surface area contributed by atoms with E-state index in [0.717, 1.165) is 4.31 Å². The third-order valence-electron chi connectivity index (χ3n) is 1.47. The van der Waals surface area contributed by atoms with E-state index in [9.17, 15) is 13.2 Å². The molecule has 6 heteroatoms. The molecule has 0 saturated carbocycles. The second-order valence-electron chi connectivity index (χ2n) is 2.76. The fourth-order valence-electron chi connectivity index (χ4n) is 0.579. The number of aliphatic carboxylic acids is 1. The summed E-state index contributed by atoms with van der Waals surface area (Å²) in [6, 6.07) is -0.214. The van der Waals surface area contributed by atoms with Crippen LogP contribution < -0.4 is 0 Å². The van der Waals surface area contributed by atoms with E-state index in [1.54, 1.807) is 13.8 Å². The number of hydrogen-bond donors (Lipinski definition) is 1. The van der Waals surface area contributed by atoms with Gasteiger partial charge in [-0.05, 0) is 13.8 Å². The third-order valence-corrected chi connectivity index (χ3v) is 3.38. The van der Waals surface area contributed by atoms with Crippen molar-refractivity contribution in [1.29, 1.82) is 0 Å². The van der Waals surface area contributed by atoms with Crippen LogP contribution in [-0.2, 0) is 14.8 Å². The molecule has 72 valence electrons. The van der Waals surface area contributed by atoms with Gasteiger partial charge in [-0.2, -0.15) is 0 Å². The molecule has 1 N–H and O–H groups in total. The summed E-state index contributed by atoms with van der Waals surface area (Å²) in [5.74, 6) is -2.18. The highest BCUT2D eigenvalue weighted by molar-refractivity contribution is 7.89. The Morgan fingerprint density at radius 1 is 1.50 bits per heavy atom. The number of carboxylic acid groups (broad SMARTS) is 1. The Labute approximate surface area is 72.0 Å². The second kappa shape index (κ2) is 3.86. The molecule has 5 nitrogen and oxygen atoms in total. The topological polar surface area (TPSA) is 74.7 Å². The van der Waals surface area contributed by atoms with Gasteiger partial charge in [0.15, 0.2) is 5.75 Å². The zero-order valence-electron chi connectivity index (χ0n) is 7.31. The molecule has 0 aliphatic carbocycles. The van der Waals surface area contributed by atoms with Crippen molar-refractivity contribution in [3.63, 3.8) is 0 Å². The molecule has 0 radical (unpaired) electrons. The number of rotatable bonds is 4. The molecule has 0 aromatic rings. The first-order valence-corrected chi connectivity index (χ1v) is 5.06. The molecule has 0 bridgehead atoms. The minimum Gasteiger partial charge on any atom is -0.480 e. The van der Waals surface area contributed by atoms with Gasteiger partial charge < -0.3 is 5.11 Å². The molecule has 0 amide bonds. The Morgan fingerprint density at radius 2 is 1.92 bits per heavy atom. The van der Waals surface area contributed by atoms with Gasteiger partial charge in [0.25, 0.3) is 0 Å². The first kappa shape index (κ1) is 11.4. The number of carbonyl (C=O) groups is 1. The average Bonchev–Trinajstić information content (AvgIpc) is 1.82. The van der Waals surface area contributed by atoms with Gasteiger partial charge in [-0.1, -0.05) is 0 Å². The molecule has 0 aliphatic rings. The van der Waals surface area contributed by atoms with Gasteiger partial charge in [0.2, 0.25) is 10.0 Å². The number of hydrogen-bond acceptors (Lipinski definition) is 3. The first-order chi connectivity index (χ1) is 5.27. The molecule has 0 fully saturated rings. The summed E-state index contributed by atoms with van der Waals surface area (Å²) in [5, 5.41) is 8.27. The van der Waals surface area contributed by atoms with Crippen LogP contribution in [0.15, 0.2) is 0 Å². The molecule has 0 saturated heterocycles. The molecule has 0 aromatic carbocycles. The Bertz CT molecular complexity index is 257. The normalized spacial score (nSPS) is 12.4. The van der Waals surface area contributed by atoms with Gasteiger partial charge >= 0.3 is 5.97 Å². The lowest BCUT2D eigenvalue weighted by molar-refractivity contribution is -0.134. The van der Waals surface area contributed by atoms with Crippen LogP contribution in [-0.4, -0.2) is 42.6 Å². The minimum atomic E-state index is -3.62. The van der Waals surface area contributed by atoms with E-state index >= 15 is 0 Å². The smallest absolute Gasteiger partial charge is 0.320 e. The standard InChI is InChI=1S/C6H13NO4S/c1-5(2)7(3)12(10,11)4-6(8)9/h5H,4H2,1-3H3,(H,8,9). The van der Waals surface area contributed by atoms with Crippen molar-refractivity contribution in [2.75, 3.05) is 12.8 Å². The molecule has 0 aromatic heterocycles. The first-order valence-electron chi connectivity index (χ1n) is 3.45. The highest BCUT2D eigenvalue weighted by Crippen LogP contribution is 2.03. The maximum atomic E-state index is 11.1. The molecular formula is C6H13NO4S. The van der Waals surface area contributed by atoms with Crippen LogP contribution >= 0.6 is 0 Å². The highest BCUT2D eigenvalue weighted by atomic mass is 32.2. The Kier molecular flexibility index (Phi) is 3.66. The lowest BCUT2D eigenvalue weighted by atomic mass is 10.4. The summed E-state index contributed by atoms with van der Waals surface area (Å²) in [6.45, 7) is 3.36. The molecule has 12 heavy (non-hydrogen) atoms. The summed E-state index contributed by atoms with van der Waals surface area (Å²) in [6.07, 6.45) is 0. The van der Waals surface area contributed by atoms with E-state index in [1.165, 1.54) is 7.05 Å². The van der Waals surface area contributed by atoms with Crippen molar-refractivity contribution in [2.45, 2.75) is 19.9 Å². The Hall–Kier alpha value is -0.620. The highest BCUT2D eigenvalue weighted by Gasteiger charge is 2.23. The van der Waals surface area contributed by atoms with Crippen LogP contribution in [0.5, 0.6) is 0 Å². The molecule has 0 aliphatic heterocycles. The van der Waals surface area contributed by atoms with Crippen LogP contribution in [0.2, 0.25) is 0 Å². The largest absolute Gasteiger partial charge is 0.480 e. The van der Waals surface area contributed by atoms with Gasteiger partial charge in [0.05, 0.1) is 0 Å². The summed E-state index contributed by atoms with van der Waals surface area (Å²) < 4.78 is 23.3. The van der Waals surface area contributed by atoms with E-state index < -0.39 is 21.7 Å². The van der Waals surface area contributed by atoms with Gasteiger partial charge in [0.1, 0.15) is 0 Å². The second-order valence-corrected chi connectivity index (χ2v) is 4.79. The summed E-state index contributed by atoms with van der Waals surface area (Å²) >= 11 is 0. The molecule has 0 rings (SSSR count). The molecule has 0 atom stereocenters. The lowest BCUT2D eigenvalue weighted by Gasteiger charge is -2.19. The molecular weight excluding hydrogens is 182 g/mol. The quantitative estimate of drug-likeness (QED) is 0.670. The van der Waals surface area contributed by atoms with E-state index in [0.29, 0.717) is 0 Å². The van der Waals surface area contributed by atoms with Gasteiger partial charge in [-0.15, -0.1) is 0 Å². The SMILES string of the molecule is CC(C)N(C)S(=O)(=O)CC(=O)O. The van der Waals surface area contributed by atoms with Crippen molar-refractivity contribution in [1.82, 2.24) is 4.31 Å². The summed E-state index contributed by atoms with van der Waals surface area (Å²) in [7, 11) is -2.26. The van der Waals surface area contributed by atoms with E-state index in [2.05, 4.69) is 0 Å². The van der Waals surface area contributed by atoms with Crippen LogP contribution in [0.25, 0.3) is 0 Å². The van der Waals surface area contributed by atoms with E-state index in [1.807, 2.05) is 0 Å². The average molecular weight is 195 g/mol. The van der Waals surface area contributed by atoms with Crippen LogP contribution in [0.1, 0.15) is 13.8 Å². The van der Waals surface area contributed by atoms with Crippen molar-refractivity contribution in [3.05, 3.63) is 0 Å². The zero-order chi connectivity index (χ0) is 9.94. The zero-order valence-corrected chi connectivity index (χ0v) is 8.13. The molecule has 0 spiro atoms. The fourth-order valence-corrected chi connectivity index (χ4v) is 1.74. The van der Waals surface area contributed by atoms with Gasteiger partial charge in [0, 0.05) is 13.1 Å². The van der Waals surface area contributed by atoms with Crippen LogP contribution in [0, 0.1) is 0 Å². The minimum absolute atomic E-state index is 0.214. The number of sulfonamides is 1. The fraction of sp³-hybridized carbons (Fsp3) is 0.833.